The van der Waals surface area contributed by atoms with Crippen LogP contribution in [-0.4, -0.2) is 41.9 Å². The smallest absolute Gasteiger partial charge is 0.273 e. The molecule has 0 aliphatic heterocycles. The number of thiophene rings is 1. The second-order valence-electron chi connectivity index (χ2n) is 8.15. The third-order valence-corrected chi connectivity index (χ3v) is 9.87. The van der Waals surface area contributed by atoms with Gasteiger partial charge in [-0.1, -0.05) is 24.3 Å². The second-order valence-corrected chi connectivity index (χ2v) is 12.3. The number of pyridine rings is 1. The summed E-state index contributed by atoms with van der Waals surface area (Å²) in [6, 6.07) is 17.1. The zero-order chi connectivity index (χ0) is 24.4. The van der Waals surface area contributed by atoms with Crippen LogP contribution in [0.1, 0.15) is 17.5 Å². The lowest BCUT2D eigenvalue weighted by Crippen LogP contribution is -2.30. The van der Waals surface area contributed by atoms with Gasteiger partial charge in [-0.15, -0.1) is 22.7 Å². The van der Waals surface area contributed by atoms with Crippen LogP contribution in [-0.2, 0) is 23.1 Å². The molecule has 5 rings (SSSR count). The lowest BCUT2D eigenvalue weighted by atomic mass is 10.2. The van der Waals surface area contributed by atoms with Gasteiger partial charge in [0.1, 0.15) is 9.22 Å². The number of aromatic amines is 1. The Kier molecular flexibility index (Phi) is 6.70. The van der Waals surface area contributed by atoms with E-state index in [9.17, 15) is 8.42 Å². The van der Waals surface area contributed by atoms with Crippen LogP contribution in [0.3, 0.4) is 0 Å². The molecule has 0 saturated carbocycles. The highest BCUT2D eigenvalue weighted by Gasteiger charge is 2.26. The van der Waals surface area contributed by atoms with Gasteiger partial charge in [0.2, 0.25) is 0 Å². The molecular formula is C25H25N5O2S3. The molecular weight excluding hydrogens is 499 g/mol. The predicted octanol–water partition coefficient (Wildman–Crippen LogP) is 5.60. The first-order valence-electron chi connectivity index (χ1n) is 11.2. The van der Waals surface area contributed by atoms with E-state index in [1.165, 1.54) is 15.6 Å². The predicted molar refractivity (Wildman–Crippen MR) is 143 cm³/mol. The Hall–Kier alpha value is -3.05. The minimum absolute atomic E-state index is 0.331. The number of hydrogen-bond acceptors (Lipinski definition) is 7. The second kappa shape index (κ2) is 9.90. The summed E-state index contributed by atoms with van der Waals surface area (Å²) in [7, 11) is -1.57. The Morgan fingerprint density at radius 3 is 2.66 bits per heavy atom. The number of hydrogen-bond donors (Lipinski definition) is 1. The van der Waals surface area contributed by atoms with Crippen LogP contribution in [0.4, 0.5) is 5.69 Å². The summed E-state index contributed by atoms with van der Waals surface area (Å²) >= 11 is 2.86. The number of fused-ring (bicyclic) bond motifs is 1. The summed E-state index contributed by atoms with van der Waals surface area (Å²) in [4.78, 5) is 15.8. The van der Waals surface area contributed by atoms with Crippen molar-refractivity contribution in [2.75, 3.05) is 17.9 Å². The molecule has 0 radical (unpaired) electrons. The van der Waals surface area contributed by atoms with Gasteiger partial charge in [-0.05, 0) is 49.7 Å². The van der Waals surface area contributed by atoms with E-state index >= 15 is 0 Å². The Bertz CT molecular complexity index is 1530. The molecule has 0 amide bonds. The SMILES string of the molecule is CCN(c1cccc2cc(-c3ncc(CN(C)Cc4ccccn4)s3)[nH]c12)S(=O)(=O)c1cccs1. The molecule has 0 unspecified atom stereocenters. The summed E-state index contributed by atoms with van der Waals surface area (Å²) in [5.74, 6) is 0. The number of nitrogens with zero attached hydrogens (tertiary/aromatic N) is 4. The van der Waals surface area contributed by atoms with E-state index in [4.69, 9.17) is 0 Å². The fourth-order valence-corrected chi connectivity index (χ4v) is 7.60. The molecule has 0 atom stereocenters. The van der Waals surface area contributed by atoms with E-state index in [1.54, 1.807) is 28.8 Å². The quantitative estimate of drug-likeness (QED) is 0.272. The lowest BCUT2D eigenvalue weighted by molar-refractivity contribution is 0.318. The maximum Gasteiger partial charge on any atom is 0.273 e. The van der Waals surface area contributed by atoms with Gasteiger partial charge in [0.05, 0.1) is 22.6 Å². The van der Waals surface area contributed by atoms with Crippen molar-refractivity contribution < 1.29 is 8.42 Å². The standard InChI is InChI=1S/C25H25N5O2S3/c1-3-30(35(31,32)23-11-7-13-33-23)22-10-6-8-18-14-21(28-24(18)22)25-27-15-20(34-25)17-29(2)16-19-9-4-5-12-26-19/h4-15,28H,3,16-17H2,1-2H3. The van der Waals surface area contributed by atoms with Crippen LogP contribution < -0.4 is 4.31 Å². The average Bonchev–Trinajstić information content (AvgIpc) is 3.61. The Labute approximate surface area is 212 Å². The Morgan fingerprint density at radius 1 is 1.03 bits per heavy atom. The third kappa shape index (κ3) is 4.87. The molecule has 0 aliphatic carbocycles. The van der Waals surface area contributed by atoms with Crippen LogP contribution in [0.15, 0.2) is 76.6 Å². The molecule has 5 aromatic rings. The minimum atomic E-state index is -3.63. The number of aromatic nitrogens is 3. The highest BCUT2D eigenvalue weighted by atomic mass is 32.2. The molecule has 1 aromatic carbocycles. The van der Waals surface area contributed by atoms with Gasteiger partial charge in [0, 0.05) is 42.3 Å². The summed E-state index contributed by atoms with van der Waals surface area (Å²) < 4.78 is 28.4. The number of H-pyrrole nitrogens is 1. The highest BCUT2D eigenvalue weighted by molar-refractivity contribution is 7.94. The van der Waals surface area contributed by atoms with Crippen LogP contribution in [0.5, 0.6) is 0 Å². The molecule has 35 heavy (non-hydrogen) atoms. The summed E-state index contributed by atoms with van der Waals surface area (Å²) in [5.41, 5.74) is 3.33. The van der Waals surface area contributed by atoms with Crippen molar-refractivity contribution in [1.29, 1.82) is 0 Å². The van der Waals surface area contributed by atoms with E-state index in [2.05, 4.69) is 26.9 Å². The van der Waals surface area contributed by atoms with Gasteiger partial charge < -0.3 is 4.98 Å². The lowest BCUT2D eigenvalue weighted by Gasteiger charge is -2.22. The van der Waals surface area contributed by atoms with Gasteiger partial charge >= 0.3 is 0 Å². The number of nitrogens with one attached hydrogen (secondary N) is 1. The Balaban J connectivity index is 1.41. The van der Waals surface area contributed by atoms with Crippen molar-refractivity contribution in [3.05, 3.63) is 82.9 Å². The molecule has 7 nitrogen and oxygen atoms in total. The molecule has 0 aliphatic rings. The summed E-state index contributed by atoms with van der Waals surface area (Å²) in [6.07, 6.45) is 3.71. The molecule has 4 aromatic heterocycles. The molecule has 4 heterocycles. The van der Waals surface area contributed by atoms with E-state index in [0.29, 0.717) is 16.4 Å². The molecule has 10 heteroatoms. The van der Waals surface area contributed by atoms with Crippen molar-refractivity contribution in [3.63, 3.8) is 0 Å². The number of sulfonamides is 1. The molecule has 0 bridgehead atoms. The number of thiazole rings is 1. The molecule has 0 fully saturated rings. The Morgan fingerprint density at radius 2 is 1.91 bits per heavy atom. The van der Waals surface area contributed by atoms with Crippen molar-refractivity contribution in [3.8, 4) is 10.7 Å². The first-order chi connectivity index (χ1) is 17.0. The number of rotatable bonds is 9. The maximum atomic E-state index is 13.3. The zero-order valence-electron chi connectivity index (χ0n) is 19.4. The molecule has 0 spiro atoms. The molecule has 0 saturated heterocycles. The third-order valence-electron chi connectivity index (χ3n) is 5.60. The number of para-hydroxylation sites is 1. The summed E-state index contributed by atoms with van der Waals surface area (Å²) in [6.45, 7) is 3.71. The first-order valence-corrected chi connectivity index (χ1v) is 14.3. The van der Waals surface area contributed by atoms with Gasteiger partial charge in [-0.3, -0.25) is 14.2 Å². The monoisotopic (exact) mass is 523 g/mol. The van der Waals surface area contributed by atoms with Crippen LogP contribution in [0.25, 0.3) is 21.6 Å². The van der Waals surface area contributed by atoms with Gasteiger partial charge in [0.25, 0.3) is 10.0 Å². The van der Waals surface area contributed by atoms with Crippen LogP contribution in [0, 0.1) is 0 Å². The zero-order valence-corrected chi connectivity index (χ0v) is 21.8. The van der Waals surface area contributed by atoms with E-state index in [1.807, 2.05) is 61.8 Å². The fraction of sp³-hybridized carbons (Fsp3) is 0.200. The maximum absolute atomic E-state index is 13.3. The number of anilines is 1. The highest BCUT2D eigenvalue weighted by Crippen LogP contribution is 2.35. The first kappa shape index (κ1) is 23.7. The van der Waals surface area contributed by atoms with Crippen LogP contribution >= 0.6 is 22.7 Å². The number of benzene rings is 1. The van der Waals surface area contributed by atoms with Crippen LogP contribution in [0.2, 0.25) is 0 Å². The topological polar surface area (TPSA) is 82.2 Å². The average molecular weight is 524 g/mol. The van der Waals surface area contributed by atoms with Gasteiger partial charge in [-0.25, -0.2) is 13.4 Å². The van der Waals surface area contributed by atoms with Crippen molar-refractivity contribution in [2.45, 2.75) is 24.2 Å². The normalized spacial score (nSPS) is 12.0. The summed E-state index contributed by atoms with van der Waals surface area (Å²) in [5, 5.41) is 3.60. The molecule has 180 valence electrons. The van der Waals surface area contributed by atoms with Crippen molar-refractivity contribution >= 4 is 49.3 Å². The molecule has 1 N–H and O–H groups in total. The van der Waals surface area contributed by atoms with Crippen molar-refractivity contribution in [2.24, 2.45) is 0 Å². The van der Waals surface area contributed by atoms with Crippen molar-refractivity contribution in [1.82, 2.24) is 19.9 Å². The van der Waals surface area contributed by atoms with E-state index < -0.39 is 10.0 Å². The minimum Gasteiger partial charge on any atom is -0.351 e. The van der Waals surface area contributed by atoms with E-state index in [-0.39, 0.29) is 0 Å². The van der Waals surface area contributed by atoms with E-state index in [0.717, 1.165) is 45.3 Å². The van der Waals surface area contributed by atoms with Gasteiger partial charge in [-0.2, -0.15) is 0 Å². The van der Waals surface area contributed by atoms with Gasteiger partial charge in [0.15, 0.2) is 0 Å². The largest absolute Gasteiger partial charge is 0.351 e. The fourth-order valence-electron chi connectivity index (χ4n) is 4.05.